The summed E-state index contributed by atoms with van der Waals surface area (Å²) < 4.78 is 5.92. The minimum Gasteiger partial charge on any atom is -0.491 e. The molecular formula is C20H30N2O3. The van der Waals surface area contributed by atoms with Crippen LogP contribution in [0.1, 0.15) is 69.3 Å². The SMILES string of the molecule is CNC(=O)[C@@H](NC(=O)c1ccc(C2CC2)c(OC(C)C)c1)C(C)(C)C. The lowest BCUT2D eigenvalue weighted by Gasteiger charge is -2.30. The lowest BCUT2D eigenvalue weighted by atomic mass is 9.86. The maximum absolute atomic E-state index is 12.7. The van der Waals surface area contributed by atoms with Gasteiger partial charge in [-0.05, 0) is 55.7 Å². The van der Waals surface area contributed by atoms with Gasteiger partial charge in [0.05, 0.1) is 6.10 Å². The second kappa shape index (κ2) is 7.46. The topological polar surface area (TPSA) is 67.4 Å². The molecule has 0 bridgehead atoms. The van der Waals surface area contributed by atoms with E-state index >= 15 is 0 Å². The Morgan fingerprint density at radius 2 is 1.84 bits per heavy atom. The Labute approximate surface area is 150 Å². The third-order valence-corrected chi connectivity index (χ3v) is 4.31. The van der Waals surface area contributed by atoms with E-state index in [2.05, 4.69) is 10.6 Å². The number of hydrogen-bond acceptors (Lipinski definition) is 3. The smallest absolute Gasteiger partial charge is 0.252 e. The largest absolute Gasteiger partial charge is 0.491 e. The summed E-state index contributed by atoms with van der Waals surface area (Å²) in [6.45, 7) is 9.74. The van der Waals surface area contributed by atoms with E-state index < -0.39 is 6.04 Å². The summed E-state index contributed by atoms with van der Waals surface area (Å²) in [4.78, 5) is 24.8. The van der Waals surface area contributed by atoms with E-state index in [1.807, 2.05) is 46.8 Å². The third-order valence-electron chi connectivity index (χ3n) is 4.31. The predicted molar refractivity (Wildman–Crippen MR) is 99.0 cm³/mol. The zero-order valence-corrected chi connectivity index (χ0v) is 16.1. The van der Waals surface area contributed by atoms with Crippen LogP contribution in [-0.4, -0.2) is 31.0 Å². The fourth-order valence-corrected chi connectivity index (χ4v) is 2.80. The molecule has 0 heterocycles. The van der Waals surface area contributed by atoms with Gasteiger partial charge < -0.3 is 15.4 Å². The number of ether oxygens (including phenoxy) is 1. The van der Waals surface area contributed by atoms with E-state index in [0.717, 1.165) is 5.75 Å². The average molecular weight is 346 g/mol. The summed E-state index contributed by atoms with van der Waals surface area (Å²) in [5.41, 5.74) is 1.29. The van der Waals surface area contributed by atoms with E-state index in [-0.39, 0.29) is 23.3 Å². The van der Waals surface area contributed by atoms with E-state index in [4.69, 9.17) is 4.74 Å². The Bertz CT molecular complexity index is 643. The van der Waals surface area contributed by atoms with E-state index in [1.165, 1.54) is 18.4 Å². The first-order valence-electron chi connectivity index (χ1n) is 8.96. The molecule has 0 saturated heterocycles. The molecule has 1 aliphatic rings. The molecule has 0 spiro atoms. The van der Waals surface area contributed by atoms with Crippen LogP contribution in [0, 0.1) is 5.41 Å². The molecule has 1 aromatic rings. The Morgan fingerprint density at radius 1 is 1.20 bits per heavy atom. The van der Waals surface area contributed by atoms with Gasteiger partial charge in [-0.15, -0.1) is 0 Å². The third kappa shape index (κ3) is 4.97. The molecule has 1 aromatic carbocycles. The van der Waals surface area contributed by atoms with Gasteiger partial charge in [-0.1, -0.05) is 26.8 Å². The molecule has 0 radical (unpaired) electrons. The van der Waals surface area contributed by atoms with Crippen LogP contribution in [0.5, 0.6) is 5.75 Å². The quantitative estimate of drug-likeness (QED) is 0.831. The highest BCUT2D eigenvalue weighted by Crippen LogP contribution is 2.44. The van der Waals surface area contributed by atoms with Gasteiger partial charge in [-0.25, -0.2) is 0 Å². The first-order valence-corrected chi connectivity index (χ1v) is 8.96. The Balaban J connectivity index is 2.24. The first kappa shape index (κ1) is 19.3. The molecule has 138 valence electrons. The highest BCUT2D eigenvalue weighted by atomic mass is 16.5. The van der Waals surface area contributed by atoms with Gasteiger partial charge in [0.1, 0.15) is 11.8 Å². The molecule has 0 aromatic heterocycles. The van der Waals surface area contributed by atoms with Crippen molar-refractivity contribution in [3.63, 3.8) is 0 Å². The molecule has 1 aliphatic carbocycles. The van der Waals surface area contributed by atoms with Crippen molar-refractivity contribution >= 4 is 11.8 Å². The normalized spacial score (nSPS) is 15.6. The van der Waals surface area contributed by atoms with Crippen LogP contribution in [0.3, 0.4) is 0 Å². The molecular weight excluding hydrogens is 316 g/mol. The number of carbonyl (C=O) groups excluding carboxylic acids is 2. The van der Waals surface area contributed by atoms with E-state index in [9.17, 15) is 9.59 Å². The van der Waals surface area contributed by atoms with Crippen molar-refractivity contribution in [1.82, 2.24) is 10.6 Å². The monoisotopic (exact) mass is 346 g/mol. The van der Waals surface area contributed by atoms with E-state index in [1.54, 1.807) is 13.1 Å². The van der Waals surface area contributed by atoms with Crippen LogP contribution in [-0.2, 0) is 4.79 Å². The molecule has 25 heavy (non-hydrogen) atoms. The first-order chi connectivity index (χ1) is 11.6. The van der Waals surface area contributed by atoms with Crippen LogP contribution in [0.4, 0.5) is 0 Å². The van der Waals surface area contributed by atoms with Crippen molar-refractivity contribution < 1.29 is 14.3 Å². The minimum absolute atomic E-state index is 0.0454. The Kier molecular flexibility index (Phi) is 5.76. The second-order valence-electron chi connectivity index (χ2n) is 8.08. The maximum atomic E-state index is 12.7. The summed E-state index contributed by atoms with van der Waals surface area (Å²) in [6.07, 6.45) is 2.38. The highest BCUT2D eigenvalue weighted by molar-refractivity contribution is 5.98. The molecule has 2 N–H and O–H groups in total. The van der Waals surface area contributed by atoms with Gasteiger partial charge in [0.15, 0.2) is 0 Å². The van der Waals surface area contributed by atoms with Crippen LogP contribution >= 0.6 is 0 Å². The molecule has 1 fully saturated rings. The summed E-state index contributed by atoms with van der Waals surface area (Å²) >= 11 is 0. The van der Waals surface area contributed by atoms with Crippen LogP contribution in [0.15, 0.2) is 18.2 Å². The fourth-order valence-electron chi connectivity index (χ4n) is 2.80. The molecule has 5 nitrogen and oxygen atoms in total. The van der Waals surface area contributed by atoms with Gasteiger partial charge in [0.25, 0.3) is 5.91 Å². The number of amides is 2. The van der Waals surface area contributed by atoms with Crippen molar-refractivity contribution in [3.8, 4) is 5.75 Å². The van der Waals surface area contributed by atoms with Gasteiger partial charge in [-0.3, -0.25) is 9.59 Å². The summed E-state index contributed by atoms with van der Waals surface area (Å²) in [7, 11) is 1.58. The summed E-state index contributed by atoms with van der Waals surface area (Å²) in [5.74, 6) is 0.852. The Morgan fingerprint density at radius 3 is 2.32 bits per heavy atom. The number of benzene rings is 1. The molecule has 2 amide bonds. The second-order valence-corrected chi connectivity index (χ2v) is 8.08. The molecule has 2 rings (SSSR count). The fraction of sp³-hybridized carbons (Fsp3) is 0.600. The van der Waals surface area contributed by atoms with Crippen LogP contribution in [0.25, 0.3) is 0 Å². The number of hydrogen-bond donors (Lipinski definition) is 2. The number of carbonyl (C=O) groups is 2. The lowest BCUT2D eigenvalue weighted by Crippen LogP contribution is -2.52. The molecule has 0 unspecified atom stereocenters. The average Bonchev–Trinajstić information content (AvgIpc) is 3.34. The zero-order valence-electron chi connectivity index (χ0n) is 16.1. The zero-order chi connectivity index (χ0) is 18.8. The minimum atomic E-state index is -0.609. The van der Waals surface area contributed by atoms with Gasteiger partial charge in [0, 0.05) is 12.6 Å². The van der Waals surface area contributed by atoms with Gasteiger partial charge in [-0.2, -0.15) is 0 Å². The predicted octanol–water partition coefficient (Wildman–Crippen LogP) is 3.24. The number of likely N-dealkylation sites (N-methyl/N-ethyl adjacent to an activating group) is 1. The van der Waals surface area contributed by atoms with Crippen molar-refractivity contribution in [1.29, 1.82) is 0 Å². The van der Waals surface area contributed by atoms with Crippen molar-refractivity contribution in [2.45, 2.75) is 65.5 Å². The molecule has 5 heteroatoms. The van der Waals surface area contributed by atoms with E-state index in [0.29, 0.717) is 11.5 Å². The van der Waals surface area contributed by atoms with Crippen LogP contribution < -0.4 is 15.4 Å². The van der Waals surface area contributed by atoms with Gasteiger partial charge >= 0.3 is 0 Å². The van der Waals surface area contributed by atoms with Crippen LogP contribution in [0.2, 0.25) is 0 Å². The highest BCUT2D eigenvalue weighted by Gasteiger charge is 2.33. The molecule has 1 saturated carbocycles. The standard InChI is InChI=1S/C20H30N2O3/c1-12(2)25-16-11-14(9-10-15(16)13-7-8-13)18(23)22-17(19(24)21-6)20(3,4)5/h9-13,17H,7-8H2,1-6H3,(H,21,24)(H,22,23)/t17-/m1/s1. The molecule has 1 atom stereocenters. The number of rotatable bonds is 6. The molecule has 0 aliphatic heterocycles. The van der Waals surface area contributed by atoms with Crippen molar-refractivity contribution in [2.75, 3.05) is 7.05 Å². The Hall–Kier alpha value is -2.04. The lowest BCUT2D eigenvalue weighted by molar-refractivity contribution is -0.124. The van der Waals surface area contributed by atoms with Gasteiger partial charge in [0.2, 0.25) is 5.91 Å². The summed E-state index contributed by atoms with van der Waals surface area (Å²) in [6, 6.07) is 4.99. The maximum Gasteiger partial charge on any atom is 0.252 e. The number of nitrogens with one attached hydrogen (secondary N) is 2. The summed E-state index contributed by atoms with van der Waals surface area (Å²) in [5, 5.41) is 5.48. The van der Waals surface area contributed by atoms with Crippen molar-refractivity contribution in [2.24, 2.45) is 5.41 Å². The van der Waals surface area contributed by atoms with Crippen molar-refractivity contribution in [3.05, 3.63) is 29.3 Å².